The van der Waals surface area contributed by atoms with Crippen LogP contribution >= 0.6 is 27.3 Å². The molecule has 2 heterocycles. The third-order valence-corrected chi connectivity index (χ3v) is 6.21. The van der Waals surface area contributed by atoms with Crippen LogP contribution in [0.5, 0.6) is 0 Å². The van der Waals surface area contributed by atoms with Gasteiger partial charge in [-0.2, -0.15) is 0 Å². The average molecular weight is 401 g/mol. The Labute approximate surface area is 153 Å². The number of rotatable bonds is 2. The van der Waals surface area contributed by atoms with Crippen LogP contribution in [0.1, 0.15) is 34.1 Å². The average Bonchev–Trinajstić information content (AvgIpc) is 3.05. The van der Waals surface area contributed by atoms with Gasteiger partial charge in [0.1, 0.15) is 0 Å². The molecule has 1 aliphatic rings. The first kappa shape index (κ1) is 15.8. The summed E-state index contributed by atoms with van der Waals surface area (Å²) in [6.45, 7) is 1.60. The zero-order valence-corrected chi connectivity index (χ0v) is 15.5. The Hall–Kier alpha value is -1.72. The van der Waals surface area contributed by atoms with Crippen LogP contribution in [0.2, 0.25) is 0 Å². The summed E-state index contributed by atoms with van der Waals surface area (Å²) in [7, 11) is 0. The highest BCUT2D eigenvalue weighted by atomic mass is 79.9. The van der Waals surface area contributed by atoms with Crippen molar-refractivity contribution < 1.29 is 4.79 Å². The molecule has 1 aliphatic heterocycles. The van der Waals surface area contributed by atoms with Crippen molar-refractivity contribution in [3.8, 4) is 0 Å². The van der Waals surface area contributed by atoms with Gasteiger partial charge in [0.2, 0.25) is 0 Å². The topological polar surface area (TPSA) is 33.2 Å². The highest BCUT2D eigenvalue weighted by Gasteiger charge is 2.26. The van der Waals surface area contributed by atoms with E-state index in [4.69, 9.17) is 4.98 Å². The molecule has 122 valence electrons. The molecule has 0 bridgehead atoms. The van der Waals surface area contributed by atoms with Crippen LogP contribution in [0.4, 0.5) is 0 Å². The predicted molar refractivity (Wildman–Crippen MR) is 102 cm³/mol. The zero-order chi connectivity index (χ0) is 16.5. The van der Waals surface area contributed by atoms with E-state index in [1.807, 2.05) is 35.2 Å². The Kier molecular flexibility index (Phi) is 4.37. The second-order valence-corrected chi connectivity index (χ2v) is 8.07. The van der Waals surface area contributed by atoms with E-state index in [0.717, 1.165) is 41.5 Å². The largest absolute Gasteiger partial charge is 0.339 e. The molecule has 1 saturated heterocycles. The highest BCUT2D eigenvalue weighted by Crippen LogP contribution is 2.34. The fraction of sp³-hybridized carbons (Fsp3) is 0.263. The van der Waals surface area contributed by atoms with Gasteiger partial charge < -0.3 is 4.90 Å². The summed E-state index contributed by atoms with van der Waals surface area (Å²) in [4.78, 5) is 19.4. The summed E-state index contributed by atoms with van der Waals surface area (Å²) in [5.41, 5.74) is 1.84. The van der Waals surface area contributed by atoms with Gasteiger partial charge in [-0.3, -0.25) is 4.79 Å². The molecule has 1 aromatic heterocycles. The van der Waals surface area contributed by atoms with Gasteiger partial charge in [0.05, 0.1) is 15.2 Å². The predicted octanol–water partition coefficient (Wildman–Crippen LogP) is 5.08. The number of benzene rings is 2. The first-order valence-electron chi connectivity index (χ1n) is 8.11. The maximum atomic E-state index is 12.6. The molecule has 0 N–H and O–H groups in total. The number of fused-ring (bicyclic) bond motifs is 1. The second-order valence-electron chi connectivity index (χ2n) is 6.10. The van der Waals surface area contributed by atoms with Gasteiger partial charge in [-0.1, -0.05) is 34.1 Å². The molecule has 0 aliphatic carbocycles. The summed E-state index contributed by atoms with van der Waals surface area (Å²) in [5.74, 6) is 0.591. The van der Waals surface area contributed by atoms with Crippen LogP contribution in [0.15, 0.2) is 53.0 Å². The number of thiazole rings is 1. The van der Waals surface area contributed by atoms with Gasteiger partial charge in [-0.15, -0.1) is 11.3 Å². The normalized spacial score (nSPS) is 15.8. The quantitative estimate of drug-likeness (QED) is 0.600. The summed E-state index contributed by atoms with van der Waals surface area (Å²) in [6.07, 6.45) is 1.97. The van der Waals surface area contributed by atoms with E-state index >= 15 is 0 Å². The monoisotopic (exact) mass is 400 g/mol. The molecular weight excluding hydrogens is 384 g/mol. The van der Waals surface area contributed by atoms with Crippen LogP contribution in [-0.2, 0) is 0 Å². The van der Waals surface area contributed by atoms with Gasteiger partial charge in [-0.05, 0) is 43.2 Å². The molecule has 1 amide bonds. The Morgan fingerprint density at radius 2 is 1.92 bits per heavy atom. The lowest BCUT2D eigenvalue weighted by Crippen LogP contribution is -2.37. The number of halogens is 1. The zero-order valence-electron chi connectivity index (χ0n) is 13.1. The molecule has 3 aromatic rings. The fourth-order valence-electron chi connectivity index (χ4n) is 3.20. The first-order valence-corrected chi connectivity index (χ1v) is 9.72. The Morgan fingerprint density at radius 1 is 1.12 bits per heavy atom. The molecule has 0 saturated carbocycles. The van der Waals surface area contributed by atoms with E-state index in [9.17, 15) is 4.79 Å². The molecule has 4 rings (SSSR count). The van der Waals surface area contributed by atoms with Crippen molar-refractivity contribution in [3.63, 3.8) is 0 Å². The van der Waals surface area contributed by atoms with Crippen molar-refractivity contribution in [2.75, 3.05) is 13.1 Å². The van der Waals surface area contributed by atoms with E-state index in [-0.39, 0.29) is 5.91 Å². The summed E-state index contributed by atoms with van der Waals surface area (Å²) in [6, 6.07) is 15.9. The number of aromatic nitrogens is 1. The van der Waals surface area contributed by atoms with Gasteiger partial charge in [-0.25, -0.2) is 4.98 Å². The summed E-state index contributed by atoms with van der Waals surface area (Å²) >= 11 is 5.22. The number of nitrogens with zero attached hydrogens (tertiary/aromatic N) is 2. The summed E-state index contributed by atoms with van der Waals surface area (Å²) < 4.78 is 2.19. The van der Waals surface area contributed by atoms with E-state index in [0.29, 0.717) is 5.92 Å². The number of likely N-dealkylation sites (tertiary alicyclic amines) is 1. The number of hydrogen-bond donors (Lipinski definition) is 0. The fourth-order valence-corrected chi connectivity index (χ4v) is 4.73. The Morgan fingerprint density at radius 3 is 2.67 bits per heavy atom. The smallest absolute Gasteiger partial charge is 0.253 e. The first-order chi connectivity index (χ1) is 11.7. The van der Waals surface area contributed by atoms with Gasteiger partial charge >= 0.3 is 0 Å². The third kappa shape index (κ3) is 3.10. The van der Waals surface area contributed by atoms with Crippen molar-refractivity contribution in [1.29, 1.82) is 0 Å². The van der Waals surface area contributed by atoms with E-state index in [1.165, 1.54) is 9.71 Å². The van der Waals surface area contributed by atoms with Crippen molar-refractivity contribution in [2.24, 2.45) is 0 Å². The minimum absolute atomic E-state index is 0.124. The van der Waals surface area contributed by atoms with Gasteiger partial charge in [0.15, 0.2) is 0 Å². The van der Waals surface area contributed by atoms with Crippen molar-refractivity contribution in [1.82, 2.24) is 9.88 Å². The second kappa shape index (κ2) is 6.65. The number of carbonyl (C=O) groups excluding carboxylic acids is 1. The molecule has 0 atom stereocenters. The van der Waals surface area contributed by atoms with E-state index in [1.54, 1.807) is 11.3 Å². The SMILES string of the molecule is O=C(c1cccc(Br)c1)N1CCC(c2nc3ccccc3s2)CC1. The van der Waals surface area contributed by atoms with Crippen LogP contribution in [0.3, 0.4) is 0 Å². The summed E-state index contributed by atoms with van der Waals surface area (Å²) in [5, 5.41) is 1.21. The van der Waals surface area contributed by atoms with Gasteiger partial charge in [0.25, 0.3) is 5.91 Å². The van der Waals surface area contributed by atoms with Crippen molar-refractivity contribution in [3.05, 3.63) is 63.6 Å². The lowest BCUT2D eigenvalue weighted by atomic mass is 9.97. The molecular formula is C19H17BrN2OS. The maximum absolute atomic E-state index is 12.6. The van der Waals surface area contributed by atoms with E-state index in [2.05, 4.69) is 34.1 Å². The van der Waals surface area contributed by atoms with Crippen LogP contribution in [0.25, 0.3) is 10.2 Å². The minimum atomic E-state index is 0.124. The van der Waals surface area contributed by atoms with Crippen LogP contribution in [-0.4, -0.2) is 28.9 Å². The molecule has 0 radical (unpaired) electrons. The number of amides is 1. The number of para-hydroxylation sites is 1. The maximum Gasteiger partial charge on any atom is 0.253 e. The van der Waals surface area contributed by atoms with Crippen LogP contribution < -0.4 is 0 Å². The number of piperidine rings is 1. The highest BCUT2D eigenvalue weighted by molar-refractivity contribution is 9.10. The van der Waals surface area contributed by atoms with Crippen molar-refractivity contribution >= 4 is 43.4 Å². The minimum Gasteiger partial charge on any atom is -0.339 e. The standard InChI is InChI=1S/C19H17BrN2OS/c20-15-5-3-4-14(12-15)19(23)22-10-8-13(9-11-22)18-21-16-6-1-2-7-17(16)24-18/h1-7,12-13H,8-11H2. The van der Waals surface area contributed by atoms with Crippen molar-refractivity contribution in [2.45, 2.75) is 18.8 Å². The van der Waals surface area contributed by atoms with Gasteiger partial charge in [0, 0.05) is 29.0 Å². The molecule has 5 heteroatoms. The Bertz CT molecular complexity index is 851. The number of hydrogen-bond acceptors (Lipinski definition) is 3. The van der Waals surface area contributed by atoms with E-state index < -0.39 is 0 Å². The Balaban J connectivity index is 1.45. The number of carbonyl (C=O) groups is 1. The molecule has 24 heavy (non-hydrogen) atoms. The molecule has 0 unspecified atom stereocenters. The molecule has 3 nitrogen and oxygen atoms in total. The lowest BCUT2D eigenvalue weighted by molar-refractivity contribution is 0.0713. The molecule has 0 spiro atoms. The molecule has 1 fully saturated rings. The lowest BCUT2D eigenvalue weighted by Gasteiger charge is -2.31. The van der Waals surface area contributed by atoms with Crippen LogP contribution in [0, 0.1) is 0 Å². The third-order valence-electron chi connectivity index (χ3n) is 4.51. The molecule has 2 aromatic carbocycles.